The number of aromatic nitrogens is 1. The maximum absolute atomic E-state index is 13.0. The van der Waals surface area contributed by atoms with E-state index >= 15 is 0 Å². The van der Waals surface area contributed by atoms with Crippen molar-refractivity contribution in [3.63, 3.8) is 0 Å². The number of benzene rings is 2. The maximum Gasteiger partial charge on any atom is 0.416 e. The van der Waals surface area contributed by atoms with Gasteiger partial charge in [-0.3, -0.25) is 0 Å². The molecule has 0 bridgehead atoms. The molecule has 0 aliphatic carbocycles. The summed E-state index contributed by atoms with van der Waals surface area (Å²) in [6.07, 6.45) is -1.41. The predicted octanol–water partition coefficient (Wildman–Crippen LogP) is 4.97. The molecule has 31 heavy (non-hydrogen) atoms. The first-order chi connectivity index (χ1) is 14.7. The molecule has 164 valence electrons. The van der Waals surface area contributed by atoms with E-state index in [1.165, 1.54) is 16.4 Å². The van der Waals surface area contributed by atoms with Crippen molar-refractivity contribution in [1.29, 1.82) is 0 Å². The zero-order valence-corrected chi connectivity index (χ0v) is 17.4. The Labute approximate surface area is 179 Å². The number of nitrogens with one attached hydrogen (secondary N) is 2. The fraction of sp³-hybridized carbons (Fsp3) is 0.273. The van der Waals surface area contributed by atoms with Gasteiger partial charge in [0, 0.05) is 36.7 Å². The van der Waals surface area contributed by atoms with Crippen molar-refractivity contribution in [2.45, 2.75) is 30.0 Å². The molecule has 4 rings (SSSR count). The lowest BCUT2D eigenvalue weighted by atomic mass is 10.1. The van der Waals surface area contributed by atoms with E-state index in [1.807, 2.05) is 18.3 Å². The van der Waals surface area contributed by atoms with Crippen LogP contribution < -0.4 is 5.32 Å². The number of halogens is 3. The second-order valence-corrected chi connectivity index (χ2v) is 9.44. The molecular weight excluding hydrogens is 427 g/mol. The SMILES string of the molecule is O=S(=O)(c1ccc(-c2ccc[nH]2)cc1)N1CCC(Nc2ccc(C(F)(F)F)cc2)CC1. The molecule has 0 amide bonds. The summed E-state index contributed by atoms with van der Waals surface area (Å²) in [7, 11) is -3.60. The Morgan fingerprint density at radius 2 is 1.58 bits per heavy atom. The summed E-state index contributed by atoms with van der Waals surface area (Å²) in [5, 5.41) is 3.20. The van der Waals surface area contributed by atoms with Gasteiger partial charge >= 0.3 is 6.18 Å². The molecule has 0 unspecified atom stereocenters. The van der Waals surface area contributed by atoms with Crippen LogP contribution in [0, 0.1) is 0 Å². The highest BCUT2D eigenvalue weighted by molar-refractivity contribution is 7.89. The zero-order chi connectivity index (χ0) is 22.1. The van der Waals surface area contributed by atoms with Crippen LogP contribution >= 0.6 is 0 Å². The molecule has 2 aromatic carbocycles. The second kappa shape index (κ2) is 8.39. The quantitative estimate of drug-likeness (QED) is 0.578. The van der Waals surface area contributed by atoms with Crippen LogP contribution in [-0.4, -0.2) is 36.8 Å². The Balaban J connectivity index is 1.36. The molecule has 2 heterocycles. The lowest BCUT2D eigenvalue weighted by Crippen LogP contribution is -2.42. The minimum atomic E-state index is -4.36. The van der Waals surface area contributed by atoms with E-state index in [9.17, 15) is 21.6 Å². The second-order valence-electron chi connectivity index (χ2n) is 7.51. The minimum Gasteiger partial charge on any atom is -0.382 e. The van der Waals surface area contributed by atoms with Crippen LogP contribution in [0.15, 0.2) is 71.8 Å². The van der Waals surface area contributed by atoms with Crippen molar-refractivity contribution in [2.24, 2.45) is 0 Å². The normalized spacial score (nSPS) is 16.4. The summed E-state index contributed by atoms with van der Waals surface area (Å²) in [5.41, 5.74) is 1.72. The molecule has 1 aliphatic heterocycles. The van der Waals surface area contributed by atoms with Crippen molar-refractivity contribution in [3.05, 3.63) is 72.4 Å². The van der Waals surface area contributed by atoms with Crippen LogP contribution in [0.2, 0.25) is 0 Å². The van der Waals surface area contributed by atoms with Gasteiger partial charge in [-0.15, -0.1) is 0 Å². The van der Waals surface area contributed by atoms with Crippen molar-refractivity contribution in [1.82, 2.24) is 9.29 Å². The number of hydrogen-bond acceptors (Lipinski definition) is 3. The monoisotopic (exact) mass is 449 g/mol. The van der Waals surface area contributed by atoms with Crippen molar-refractivity contribution >= 4 is 15.7 Å². The maximum atomic E-state index is 13.0. The van der Waals surface area contributed by atoms with E-state index in [-0.39, 0.29) is 10.9 Å². The van der Waals surface area contributed by atoms with Gasteiger partial charge in [-0.2, -0.15) is 17.5 Å². The van der Waals surface area contributed by atoms with Gasteiger partial charge in [-0.25, -0.2) is 8.42 Å². The standard InChI is InChI=1S/C22H22F3N3O2S/c23-22(24,25)17-5-7-18(8-6-17)27-19-11-14-28(15-12-19)31(29,30)20-9-3-16(4-10-20)21-2-1-13-26-21/h1-10,13,19,26-27H,11-12,14-15H2. The molecule has 0 saturated carbocycles. The summed E-state index contributed by atoms with van der Waals surface area (Å²) in [6, 6.07) is 15.4. The van der Waals surface area contributed by atoms with Gasteiger partial charge in [0.25, 0.3) is 0 Å². The number of rotatable bonds is 5. The Morgan fingerprint density at radius 1 is 0.935 bits per heavy atom. The topological polar surface area (TPSA) is 65.2 Å². The fourth-order valence-electron chi connectivity index (χ4n) is 3.70. The molecule has 5 nitrogen and oxygen atoms in total. The first kappa shape index (κ1) is 21.5. The van der Waals surface area contributed by atoms with E-state index in [2.05, 4.69) is 10.3 Å². The summed E-state index contributed by atoms with van der Waals surface area (Å²) in [5.74, 6) is 0. The Bertz CT molecular complexity index is 1100. The van der Waals surface area contributed by atoms with Crippen LogP contribution in [0.4, 0.5) is 18.9 Å². The number of nitrogens with zero attached hydrogens (tertiary/aromatic N) is 1. The largest absolute Gasteiger partial charge is 0.416 e. The average Bonchev–Trinajstić information content (AvgIpc) is 3.29. The average molecular weight is 449 g/mol. The third-order valence-electron chi connectivity index (χ3n) is 5.44. The molecule has 0 radical (unpaired) electrons. The summed E-state index contributed by atoms with van der Waals surface area (Å²) >= 11 is 0. The number of alkyl halides is 3. The summed E-state index contributed by atoms with van der Waals surface area (Å²) < 4.78 is 65.5. The van der Waals surface area contributed by atoms with E-state index in [0.717, 1.165) is 23.4 Å². The molecule has 9 heteroatoms. The van der Waals surface area contributed by atoms with Gasteiger partial charge in [0.15, 0.2) is 0 Å². The number of hydrogen-bond donors (Lipinski definition) is 2. The van der Waals surface area contributed by atoms with Gasteiger partial charge < -0.3 is 10.3 Å². The number of piperidine rings is 1. The highest BCUT2D eigenvalue weighted by Gasteiger charge is 2.31. The summed E-state index contributed by atoms with van der Waals surface area (Å²) in [6.45, 7) is 0.692. The lowest BCUT2D eigenvalue weighted by Gasteiger charge is -2.32. The minimum absolute atomic E-state index is 0.00144. The number of sulfonamides is 1. The fourth-order valence-corrected chi connectivity index (χ4v) is 5.17. The molecule has 1 fully saturated rings. The predicted molar refractivity (Wildman–Crippen MR) is 113 cm³/mol. The van der Waals surface area contributed by atoms with Gasteiger partial charge in [0.2, 0.25) is 10.0 Å². The van der Waals surface area contributed by atoms with Crippen LogP contribution in [-0.2, 0) is 16.2 Å². The molecule has 1 aliphatic rings. The van der Waals surface area contributed by atoms with Crippen LogP contribution in [0.25, 0.3) is 11.3 Å². The zero-order valence-electron chi connectivity index (χ0n) is 16.6. The van der Waals surface area contributed by atoms with Crippen LogP contribution in [0.1, 0.15) is 18.4 Å². The Hall–Kier alpha value is -2.78. The van der Waals surface area contributed by atoms with Crippen LogP contribution in [0.5, 0.6) is 0 Å². The smallest absolute Gasteiger partial charge is 0.382 e. The van der Waals surface area contributed by atoms with Gasteiger partial charge in [0.05, 0.1) is 10.5 Å². The van der Waals surface area contributed by atoms with Crippen molar-refractivity contribution in [2.75, 3.05) is 18.4 Å². The van der Waals surface area contributed by atoms with E-state index in [0.29, 0.717) is 31.6 Å². The van der Waals surface area contributed by atoms with Crippen LogP contribution in [0.3, 0.4) is 0 Å². The molecule has 3 aromatic rings. The number of anilines is 1. The van der Waals surface area contributed by atoms with E-state index in [1.54, 1.807) is 24.3 Å². The lowest BCUT2D eigenvalue weighted by molar-refractivity contribution is -0.137. The first-order valence-electron chi connectivity index (χ1n) is 9.91. The van der Waals surface area contributed by atoms with Gasteiger partial charge in [-0.05, 0) is 66.9 Å². The third-order valence-corrected chi connectivity index (χ3v) is 7.35. The molecule has 0 atom stereocenters. The Kier molecular flexibility index (Phi) is 5.81. The summed E-state index contributed by atoms with van der Waals surface area (Å²) in [4.78, 5) is 3.33. The molecule has 2 N–H and O–H groups in total. The third kappa shape index (κ3) is 4.77. The van der Waals surface area contributed by atoms with Crippen molar-refractivity contribution < 1.29 is 21.6 Å². The molecule has 1 saturated heterocycles. The number of H-pyrrole nitrogens is 1. The Morgan fingerprint density at radius 3 is 2.13 bits per heavy atom. The van der Waals surface area contributed by atoms with Crippen molar-refractivity contribution in [3.8, 4) is 11.3 Å². The molecule has 0 spiro atoms. The highest BCUT2D eigenvalue weighted by atomic mass is 32.2. The van der Waals surface area contributed by atoms with E-state index < -0.39 is 21.8 Å². The van der Waals surface area contributed by atoms with Gasteiger partial charge in [0.1, 0.15) is 0 Å². The highest BCUT2D eigenvalue weighted by Crippen LogP contribution is 2.30. The van der Waals surface area contributed by atoms with E-state index in [4.69, 9.17) is 0 Å². The number of aromatic amines is 1. The molecular formula is C22H22F3N3O2S. The first-order valence-corrected chi connectivity index (χ1v) is 11.4. The van der Waals surface area contributed by atoms with Gasteiger partial charge in [-0.1, -0.05) is 12.1 Å². The molecule has 1 aromatic heterocycles.